The van der Waals surface area contributed by atoms with Crippen molar-refractivity contribution in [2.45, 2.75) is 65.5 Å². The molecule has 8 heteroatoms. The molecule has 1 heterocycles. The van der Waals surface area contributed by atoms with E-state index in [1.807, 2.05) is 27.7 Å². The molecule has 1 aliphatic rings. The Hall–Kier alpha value is -0.770. The fourth-order valence-corrected chi connectivity index (χ4v) is 2.70. The fraction of sp³-hybridized carbons (Fsp3) is 0.889. The summed E-state index contributed by atoms with van der Waals surface area (Å²) in [5, 5.41) is 15.8. The Balaban J connectivity index is 0.00000625. The summed E-state index contributed by atoms with van der Waals surface area (Å²) in [5.41, 5.74) is -0.465. The van der Waals surface area contributed by atoms with Crippen molar-refractivity contribution in [3.8, 4) is 0 Å². The van der Waals surface area contributed by atoms with Gasteiger partial charge in [-0.25, -0.2) is 4.79 Å². The zero-order valence-corrected chi connectivity index (χ0v) is 19.2. The molecule has 0 saturated carbocycles. The normalized spacial score (nSPS) is 16.4. The first-order chi connectivity index (χ1) is 11.8. The number of nitrogens with zero attached hydrogens (tertiary/aromatic N) is 2. The maximum absolute atomic E-state index is 12.0. The van der Waals surface area contributed by atoms with Gasteiger partial charge in [0.1, 0.15) is 5.60 Å². The Bertz CT molecular complexity index is 429. The monoisotopic (exact) mass is 484 g/mol. The summed E-state index contributed by atoms with van der Waals surface area (Å²) in [4.78, 5) is 18.3. The molecule has 0 radical (unpaired) electrons. The molecule has 0 bridgehead atoms. The number of ether oxygens (including phenoxy) is 1. The van der Waals surface area contributed by atoms with E-state index in [0.717, 1.165) is 31.8 Å². The first-order valence-corrected chi connectivity index (χ1v) is 9.42. The van der Waals surface area contributed by atoms with Crippen LogP contribution < -0.4 is 10.6 Å². The van der Waals surface area contributed by atoms with Crippen molar-refractivity contribution >= 4 is 36.0 Å². The lowest BCUT2D eigenvalue weighted by Gasteiger charge is -2.40. The summed E-state index contributed by atoms with van der Waals surface area (Å²) in [6.07, 6.45) is 2.68. The molecule has 1 aliphatic heterocycles. The first-order valence-electron chi connectivity index (χ1n) is 9.42. The number of aliphatic imine (C=N–C) groups is 1. The number of halogens is 1. The second-order valence-corrected chi connectivity index (χ2v) is 7.61. The molecule has 3 N–H and O–H groups in total. The number of likely N-dealkylation sites (tertiary alicyclic amines) is 1. The van der Waals surface area contributed by atoms with Gasteiger partial charge < -0.3 is 25.4 Å². The van der Waals surface area contributed by atoms with E-state index >= 15 is 0 Å². The Labute approximate surface area is 175 Å². The number of nitrogens with one attached hydrogen (secondary N) is 2. The van der Waals surface area contributed by atoms with Crippen LogP contribution in [0.25, 0.3) is 0 Å². The fourth-order valence-electron chi connectivity index (χ4n) is 2.70. The molecule has 0 aromatic carbocycles. The largest absolute Gasteiger partial charge is 0.444 e. The molecule has 1 rings (SSSR count). The Kier molecular flexibility index (Phi) is 12.2. The van der Waals surface area contributed by atoms with Crippen LogP contribution in [0.4, 0.5) is 4.79 Å². The average Bonchev–Trinajstić information content (AvgIpc) is 2.46. The van der Waals surface area contributed by atoms with Crippen LogP contribution >= 0.6 is 24.0 Å². The number of amides is 1. The van der Waals surface area contributed by atoms with Crippen LogP contribution in [0.3, 0.4) is 0 Å². The Morgan fingerprint density at radius 1 is 1.31 bits per heavy atom. The minimum absolute atomic E-state index is 0. The molecule has 0 aliphatic carbocycles. The van der Waals surface area contributed by atoms with Gasteiger partial charge >= 0.3 is 6.09 Å². The number of hydrogen-bond donors (Lipinski definition) is 3. The van der Waals surface area contributed by atoms with Crippen LogP contribution in [-0.2, 0) is 4.74 Å². The van der Waals surface area contributed by atoms with Gasteiger partial charge in [0.25, 0.3) is 0 Å². The Morgan fingerprint density at radius 3 is 2.46 bits per heavy atom. The minimum atomic E-state index is -0.465. The van der Waals surface area contributed by atoms with Crippen LogP contribution in [0.1, 0.15) is 53.9 Å². The summed E-state index contributed by atoms with van der Waals surface area (Å²) in [7, 11) is 0. The van der Waals surface area contributed by atoms with E-state index in [-0.39, 0.29) is 42.7 Å². The van der Waals surface area contributed by atoms with Crippen molar-refractivity contribution in [1.29, 1.82) is 0 Å². The second kappa shape index (κ2) is 12.6. The standard InChI is InChI=1S/C18H36N4O3.HI/c1-6-8-14(9-10-23)11-20-16(19-7-2)21-15-12-22(13-15)17(24)25-18(3,4)5;/h14-15,23H,6-13H2,1-5H3,(H2,19,20,21);1H. The number of carbonyl (C=O) groups is 1. The van der Waals surface area contributed by atoms with Gasteiger partial charge in [-0.05, 0) is 46.5 Å². The maximum Gasteiger partial charge on any atom is 0.410 e. The van der Waals surface area contributed by atoms with Gasteiger partial charge in [0, 0.05) is 32.8 Å². The highest BCUT2D eigenvalue weighted by atomic mass is 127. The van der Waals surface area contributed by atoms with Crippen molar-refractivity contribution in [3.63, 3.8) is 0 Å². The molecule has 1 fully saturated rings. The van der Waals surface area contributed by atoms with E-state index < -0.39 is 5.60 Å². The SMILES string of the molecule is CCCC(CCO)CN=C(NCC)NC1CN(C(=O)OC(C)(C)C)C1.I. The van der Waals surface area contributed by atoms with Crippen LogP contribution in [0, 0.1) is 5.92 Å². The molecule has 0 spiro atoms. The lowest BCUT2D eigenvalue weighted by Crippen LogP contribution is -2.63. The van der Waals surface area contributed by atoms with Crippen molar-refractivity contribution in [2.24, 2.45) is 10.9 Å². The number of hydrogen-bond acceptors (Lipinski definition) is 4. The first kappa shape index (κ1) is 25.2. The van der Waals surface area contributed by atoms with E-state index in [1.54, 1.807) is 4.90 Å². The topological polar surface area (TPSA) is 86.2 Å². The third-order valence-electron chi connectivity index (χ3n) is 3.96. The van der Waals surface area contributed by atoms with Gasteiger partial charge in [-0.3, -0.25) is 4.99 Å². The average molecular weight is 484 g/mol. The molecule has 0 aromatic heterocycles. The summed E-state index contributed by atoms with van der Waals surface area (Å²) < 4.78 is 5.36. The summed E-state index contributed by atoms with van der Waals surface area (Å²) in [6.45, 7) is 12.7. The van der Waals surface area contributed by atoms with Gasteiger partial charge in [-0.15, -0.1) is 24.0 Å². The van der Waals surface area contributed by atoms with Crippen LogP contribution in [0.2, 0.25) is 0 Å². The highest BCUT2D eigenvalue weighted by molar-refractivity contribution is 14.0. The van der Waals surface area contributed by atoms with Gasteiger partial charge in [-0.2, -0.15) is 0 Å². The maximum atomic E-state index is 12.0. The summed E-state index contributed by atoms with van der Waals surface area (Å²) in [6, 6.07) is 0.188. The van der Waals surface area contributed by atoms with Gasteiger partial charge in [0.15, 0.2) is 5.96 Å². The number of aliphatic hydroxyl groups excluding tert-OH is 1. The third-order valence-corrected chi connectivity index (χ3v) is 3.96. The van der Waals surface area contributed by atoms with E-state index in [0.29, 0.717) is 25.6 Å². The number of aliphatic hydroxyl groups is 1. The molecular weight excluding hydrogens is 447 g/mol. The van der Waals surface area contributed by atoms with Crippen molar-refractivity contribution in [3.05, 3.63) is 0 Å². The van der Waals surface area contributed by atoms with Crippen molar-refractivity contribution in [1.82, 2.24) is 15.5 Å². The summed E-state index contributed by atoms with van der Waals surface area (Å²) >= 11 is 0. The highest BCUT2D eigenvalue weighted by Crippen LogP contribution is 2.15. The molecule has 7 nitrogen and oxygen atoms in total. The zero-order chi connectivity index (χ0) is 18.9. The predicted octanol–water partition coefficient (Wildman–Crippen LogP) is 2.58. The zero-order valence-electron chi connectivity index (χ0n) is 16.9. The molecule has 1 unspecified atom stereocenters. The smallest absolute Gasteiger partial charge is 0.410 e. The number of rotatable bonds is 8. The van der Waals surface area contributed by atoms with E-state index in [1.165, 1.54) is 0 Å². The van der Waals surface area contributed by atoms with Crippen LogP contribution in [-0.4, -0.2) is 66.5 Å². The lowest BCUT2D eigenvalue weighted by molar-refractivity contribution is 0.00700. The minimum Gasteiger partial charge on any atom is -0.444 e. The van der Waals surface area contributed by atoms with Crippen LogP contribution in [0.5, 0.6) is 0 Å². The number of carbonyl (C=O) groups excluding carboxylic acids is 1. The van der Waals surface area contributed by atoms with Gasteiger partial charge in [-0.1, -0.05) is 13.3 Å². The number of guanidine groups is 1. The highest BCUT2D eigenvalue weighted by Gasteiger charge is 2.34. The molecule has 26 heavy (non-hydrogen) atoms. The summed E-state index contributed by atoms with van der Waals surface area (Å²) in [5.74, 6) is 1.18. The molecule has 0 aromatic rings. The molecular formula is C18H37IN4O3. The van der Waals surface area contributed by atoms with E-state index in [2.05, 4.69) is 22.5 Å². The van der Waals surface area contributed by atoms with Gasteiger partial charge in [0.2, 0.25) is 0 Å². The van der Waals surface area contributed by atoms with Crippen molar-refractivity contribution < 1.29 is 14.6 Å². The third kappa shape index (κ3) is 9.80. The molecule has 1 amide bonds. The van der Waals surface area contributed by atoms with E-state index in [9.17, 15) is 4.79 Å². The predicted molar refractivity (Wildman–Crippen MR) is 116 cm³/mol. The van der Waals surface area contributed by atoms with E-state index in [4.69, 9.17) is 9.84 Å². The lowest BCUT2D eigenvalue weighted by atomic mass is 10.0. The molecule has 154 valence electrons. The van der Waals surface area contributed by atoms with Crippen molar-refractivity contribution in [2.75, 3.05) is 32.8 Å². The second-order valence-electron chi connectivity index (χ2n) is 7.61. The Morgan fingerprint density at radius 2 is 1.96 bits per heavy atom. The molecule has 1 saturated heterocycles. The quantitative estimate of drug-likeness (QED) is 0.280. The van der Waals surface area contributed by atoms with Crippen LogP contribution in [0.15, 0.2) is 4.99 Å². The molecule has 1 atom stereocenters. The van der Waals surface area contributed by atoms with Gasteiger partial charge in [0.05, 0.1) is 6.04 Å².